The summed E-state index contributed by atoms with van der Waals surface area (Å²) in [4.78, 5) is 26.9. The summed E-state index contributed by atoms with van der Waals surface area (Å²) >= 11 is 0. The number of hydrogen-bond acceptors (Lipinski definition) is 5. The Morgan fingerprint density at radius 2 is 1.29 bits per heavy atom. The van der Waals surface area contributed by atoms with Crippen molar-refractivity contribution in [3.63, 3.8) is 0 Å². The van der Waals surface area contributed by atoms with E-state index in [-0.39, 0.29) is 18.3 Å². The third-order valence-electron chi connectivity index (χ3n) is 6.59. The smallest absolute Gasteiger partial charge is 0.339 e. The fourth-order valence-corrected chi connectivity index (χ4v) is 4.40. The Morgan fingerprint density at radius 3 is 1.95 bits per heavy atom. The number of nitrogen functional groups attached to an aromatic ring is 1. The van der Waals surface area contributed by atoms with Crippen LogP contribution in [0.4, 0.5) is 5.69 Å². The molecule has 5 aromatic rings. The van der Waals surface area contributed by atoms with Crippen LogP contribution >= 0.6 is 0 Å². The number of ether oxygens (including phenoxy) is 2. The molecule has 0 heterocycles. The zero-order chi connectivity index (χ0) is 29.3. The van der Waals surface area contributed by atoms with Gasteiger partial charge < -0.3 is 20.5 Å². The highest BCUT2D eigenvalue weighted by Crippen LogP contribution is 2.32. The Bertz CT molecular complexity index is 1700. The van der Waals surface area contributed by atoms with E-state index < -0.39 is 5.97 Å². The first-order chi connectivity index (χ1) is 20.5. The van der Waals surface area contributed by atoms with E-state index in [0.29, 0.717) is 45.9 Å². The number of esters is 1. The van der Waals surface area contributed by atoms with Crippen molar-refractivity contribution in [1.82, 2.24) is 0 Å². The maximum Gasteiger partial charge on any atom is 0.339 e. The van der Waals surface area contributed by atoms with Crippen LogP contribution < -0.4 is 15.8 Å². The molecule has 0 atom stereocenters. The number of carbonyl (C=O) groups excluding carboxylic acids is 2. The fraction of sp³-hybridized carbons (Fsp3) is 0.0571. The van der Waals surface area contributed by atoms with Crippen molar-refractivity contribution in [1.29, 1.82) is 5.41 Å². The molecule has 1 amide bonds. The summed E-state index contributed by atoms with van der Waals surface area (Å²) in [6.45, 7) is 0.459. The molecule has 5 aromatic carbocycles. The van der Waals surface area contributed by atoms with Crippen molar-refractivity contribution in [2.45, 2.75) is 13.2 Å². The van der Waals surface area contributed by atoms with E-state index in [0.717, 1.165) is 11.1 Å². The second-order valence-electron chi connectivity index (χ2n) is 9.53. The Balaban J connectivity index is 1.47. The molecule has 7 heteroatoms. The number of benzene rings is 5. The molecule has 7 nitrogen and oxygen atoms in total. The largest absolute Gasteiger partial charge is 0.489 e. The van der Waals surface area contributed by atoms with Crippen LogP contribution in [0.5, 0.6) is 5.75 Å². The minimum atomic E-state index is -0.515. The second kappa shape index (κ2) is 13.1. The summed E-state index contributed by atoms with van der Waals surface area (Å²) in [6, 6.07) is 38.1. The topological polar surface area (TPSA) is 115 Å². The second-order valence-corrected chi connectivity index (χ2v) is 9.53. The van der Waals surface area contributed by atoms with Crippen molar-refractivity contribution in [2.24, 2.45) is 5.73 Å². The zero-order valence-electron chi connectivity index (χ0n) is 22.7. The third-order valence-corrected chi connectivity index (χ3v) is 6.59. The van der Waals surface area contributed by atoms with Crippen molar-refractivity contribution < 1.29 is 19.1 Å². The van der Waals surface area contributed by atoms with Crippen LogP contribution in [0.3, 0.4) is 0 Å². The van der Waals surface area contributed by atoms with Crippen LogP contribution in [0, 0.1) is 5.41 Å². The van der Waals surface area contributed by atoms with E-state index in [2.05, 4.69) is 5.32 Å². The van der Waals surface area contributed by atoms with Crippen LogP contribution in [-0.4, -0.2) is 17.7 Å². The number of carbonyl (C=O) groups is 2. The van der Waals surface area contributed by atoms with E-state index in [9.17, 15) is 9.59 Å². The lowest BCUT2D eigenvalue weighted by Crippen LogP contribution is -2.15. The molecular formula is C35H29N3O4. The quantitative estimate of drug-likeness (QED) is 0.0993. The first kappa shape index (κ1) is 27.9. The summed E-state index contributed by atoms with van der Waals surface area (Å²) in [7, 11) is 0. The number of nitrogens with two attached hydrogens (primary N) is 1. The predicted octanol–water partition coefficient (Wildman–Crippen LogP) is 6.83. The lowest BCUT2D eigenvalue weighted by molar-refractivity contribution is 0.0473. The average Bonchev–Trinajstić information content (AvgIpc) is 3.03. The van der Waals surface area contributed by atoms with Gasteiger partial charge in [-0.1, -0.05) is 78.9 Å². The van der Waals surface area contributed by atoms with Gasteiger partial charge in [0, 0.05) is 22.4 Å². The van der Waals surface area contributed by atoms with Crippen LogP contribution in [-0.2, 0) is 18.0 Å². The molecule has 0 radical (unpaired) electrons. The van der Waals surface area contributed by atoms with Gasteiger partial charge in [-0.15, -0.1) is 0 Å². The Kier molecular flexibility index (Phi) is 8.70. The molecule has 208 valence electrons. The maximum atomic E-state index is 13.5. The normalized spacial score (nSPS) is 10.5. The molecule has 0 aromatic heterocycles. The minimum Gasteiger partial charge on any atom is -0.489 e. The fourth-order valence-electron chi connectivity index (χ4n) is 4.40. The summed E-state index contributed by atoms with van der Waals surface area (Å²) in [5.74, 6) is -0.387. The Labute approximate surface area is 244 Å². The van der Waals surface area contributed by atoms with Gasteiger partial charge in [-0.3, -0.25) is 10.2 Å². The van der Waals surface area contributed by atoms with Gasteiger partial charge in [-0.25, -0.2) is 4.79 Å². The Morgan fingerprint density at radius 1 is 0.667 bits per heavy atom. The van der Waals surface area contributed by atoms with Crippen molar-refractivity contribution in [3.8, 4) is 16.9 Å². The van der Waals surface area contributed by atoms with Gasteiger partial charge >= 0.3 is 5.97 Å². The SMILES string of the molecule is N=C(N)c1ccc(NC(=O)c2ccccc2-c2cc(OCc3ccccc3)ccc2C(=O)OCc2ccccc2)cc1. The minimum absolute atomic E-state index is 0.0562. The number of anilines is 1. The van der Waals surface area contributed by atoms with Crippen LogP contribution in [0.25, 0.3) is 11.1 Å². The summed E-state index contributed by atoms with van der Waals surface area (Å²) in [6.07, 6.45) is 0. The van der Waals surface area contributed by atoms with Crippen molar-refractivity contribution in [3.05, 3.63) is 155 Å². The molecule has 0 aliphatic carbocycles. The highest BCUT2D eigenvalue weighted by atomic mass is 16.5. The van der Waals surface area contributed by atoms with Crippen molar-refractivity contribution in [2.75, 3.05) is 5.32 Å². The predicted molar refractivity (Wildman–Crippen MR) is 164 cm³/mol. The van der Waals surface area contributed by atoms with Crippen LogP contribution in [0.15, 0.2) is 127 Å². The molecule has 0 unspecified atom stereocenters. The molecule has 0 aliphatic rings. The van der Waals surface area contributed by atoms with Crippen LogP contribution in [0.2, 0.25) is 0 Å². The van der Waals surface area contributed by atoms with Gasteiger partial charge in [-0.2, -0.15) is 0 Å². The first-order valence-electron chi connectivity index (χ1n) is 13.3. The summed E-state index contributed by atoms with van der Waals surface area (Å²) in [5, 5.41) is 10.5. The molecule has 42 heavy (non-hydrogen) atoms. The monoisotopic (exact) mass is 555 g/mol. The Hall–Kier alpha value is -5.69. The van der Waals surface area contributed by atoms with E-state index in [1.165, 1.54) is 0 Å². The summed E-state index contributed by atoms with van der Waals surface area (Å²) in [5.41, 5.74) is 10.2. The van der Waals surface area contributed by atoms with E-state index >= 15 is 0 Å². The van der Waals surface area contributed by atoms with Gasteiger partial charge in [0.25, 0.3) is 5.91 Å². The van der Waals surface area contributed by atoms with Gasteiger partial charge in [-0.05, 0) is 65.2 Å². The molecule has 0 fully saturated rings. The standard InChI is InChI=1S/C35H29N3O4/c36-33(37)26-15-17-27(18-16-26)38-34(39)30-14-8-7-13-29(30)32-21-28(41-22-24-9-3-1-4-10-24)19-20-31(32)35(40)42-23-25-11-5-2-6-12-25/h1-21H,22-23H2,(H3,36,37)(H,38,39). The van der Waals surface area contributed by atoms with Gasteiger partial charge in [0.2, 0.25) is 0 Å². The third kappa shape index (κ3) is 6.89. The molecule has 0 saturated heterocycles. The van der Waals surface area contributed by atoms with Gasteiger partial charge in [0.1, 0.15) is 24.8 Å². The molecular weight excluding hydrogens is 526 g/mol. The molecule has 0 spiro atoms. The van der Waals surface area contributed by atoms with E-state index in [1.807, 2.05) is 66.7 Å². The molecule has 0 saturated carbocycles. The van der Waals surface area contributed by atoms with E-state index in [4.69, 9.17) is 20.6 Å². The zero-order valence-corrected chi connectivity index (χ0v) is 22.7. The number of hydrogen-bond donors (Lipinski definition) is 3. The molecule has 0 aliphatic heterocycles. The molecule has 4 N–H and O–H groups in total. The molecule has 5 rings (SSSR count). The number of amidine groups is 1. The first-order valence-corrected chi connectivity index (χ1v) is 13.3. The van der Waals surface area contributed by atoms with Crippen LogP contribution in [0.1, 0.15) is 37.4 Å². The van der Waals surface area contributed by atoms with Crippen molar-refractivity contribution >= 4 is 23.4 Å². The number of amides is 1. The lowest BCUT2D eigenvalue weighted by atomic mass is 9.94. The highest BCUT2D eigenvalue weighted by Gasteiger charge is 2.21. The lowest BCUT2D eigenvalue weighted by Gasteiger charge is -2.16. The number of rotatable bonds is 10. The molecule has 0 bridgehead atoms. The number of nitrogens with one attached hydrogen (secondary N) is 2. The van der Waals surface area contributed by atoms with Gasteiger partial charge in [0.05, 0.1) is 5.56 Å². The van der Waals surface area contributed by atoms with Gasteiger partial charge in [0.15, 0.2) is 0 Å². The maximum absolute atomic E-state index is 13.5. The van der Waals surface area contributed by atoms with E-state index in [1.54, 1.807) is 60.7 Å². The highest BCUT2D eigenvalue weighted by molar-refractivity contribution is 6.10. The average molecular weight is 556 g/mol. The summed E-state index contributed by atoms with van der Waals surface area (Å²) < 4.78 is 11.7.